The van der Waals surface area contributed by atoms with Crippen LogP contribution in [-0.2, 0) is 9.53 Å². The largest absolute Gasteiger partial charge is 0.458 e. The van der Waals surface area contributed by atoms with Gasteiger partial charge in [0.1, 0.15) is 6.10 Å². The predicted molar refractivity (Wildman–Crippen MR) is 105 cm³/mol. The number of esters is 1. The lowest BCUT2D eigenvalue weighted by Crippen LogP contribution is -2.77. The molecule has 190 valence electrons. The van der Waals surface area contributed by atoms with Crippen LogP contribution < -0.4 is 10.6 Å². The third kappa shape index (κ3) is 3.59. The highest BCUT2D eigenvalue weighted by Crippen LogP contribution is 2.77. The van der Waals surface area contributed by atoms with Gasteiger partial charge in [0.2, 0.25) is 0 Å². The number of aliphatic hydroxyl groups is 1. The van der Waals surface area contributed by atoms with E-state index in [0.717, 1.165) is 12.8 Å². The normalized spacial score (nSPS) is 36.6. The van der Waals surface area contributed by atoms with Crippen molar-refractivity contribution in [3.8, 4) is 0 Å². The van der Waals surface area contributed by atoms with Gasteiger partial charge in [0.25, 0.3) is 5.60 Å². The molecule has 4 rings (SSSR count). The zero-order chi connectivity index (χ0) is 24.9. The number of halogens is 6. The maximum atomic E-state index is 13.9. The van der Waals surface area contributed by atoms with Crippen LogP contribution in [0.3, 0.4) is 0 Å². The lowest BCUT2D eigenvalue weighted by molar-refractivity contribution is -0.394. The van der Waals surface area contributed by atoms with Crippen molar-refractivity contribution in [2.75, 3.05) is 6.67 Å². The molecular formula is C22H32F6N2O3. The number of nitrogens with one attached hydrogen (secondary N) is 2. The molecule has 1 aliphatic heterocycles. The van der Waals surface area contributed by atoms with E-state index in [1.165, 1.54) is 13.8 Å². The van der Waals surface area contributed by atoms with Gasteiger partial charge in [0.05, 0.1) is 11.1 Å². The molecule has 5 nitrogen and oxygen atoms in total. The van der Waals surface area contributed by atoms with Gasteiger partial charge in [-0.3, -0.25) is 15.4 Å². The van der Waals surface area contributed by atoms with E-state index in [9.17, 15) is 36.2 Å². The smallest absolute Gasteiger partial charge is 0.430 e. The second-order valence-electron chi connectivity index (χ2n) is 11.8. The van der Waals surface area contributed by atoms with Gasteiger partial charge >= 0.3 is 18.3 Å². The Morgan fingerprint density at radius 1 is 1.06 bits per heavy atom. The number of fused-ring (bicyclic) bond motifs is 1. The molecular weight excluding hydrogens is 454 g/mol. The van der Waals surface area contributed by atoms with Crippen molar-refractivity contribution in [1.82, 2.24) is 10.6 Å². The number of rotatable bonds is 6. The fourth-order valence-corrected chi connectivity index (χ4v) is 6.97. The summed E-state index contributed by atoms with van der Waals surface area (Å²) in [5, 5.41) is 16.1. The Morgan fingerprint density at radius 3 is 2.12 bits per heavy atom. The van der Waals surface area contributed by atoms with E-state index in [2.05, 4.69) is 10.6 Å². The number of carbonyl (C=O) groups is 1. The van der Waals surface area contributed by atoms with Crippen LogP contribution >= 0.6 is 0 Å². The lowest BCUT2D eigenvalue weighted by Gasteiger charge is -2.52. The first-order valence-corrected chi connectivity index (χ1v) is 11.4. The second-order valence-corrected chi connectivity index (χ2v) is 11.8. The maximum absolute atomic E-state index is 13.9. The fourth-order valence-electron chi connectivity index (χ4n) is 6.97. The Morgan fingerprint density at radius 2 is 1.64 bits per heavy atom. The molecule has 5 unspecified atom stereocenters. The molecule has 5 atom stereocenters. The van der Waals surface area contributed by atoms with E-state index < -0.39 is 52.9 Å². The molecule has 4 aliphatic rings. The molecule has 1 heterocycles. The highest BCUT2D eigenvalue weighted by atomic mass is 19.4. The summed E-state index contributed by atoms with van der Waals surface area (Å²) in [6, 6.07) is 0. The van der Waals surface area contributed by atoms with E-state index in [1.807, 2.05) is 6.92 Å². The summed E-state index contributed by atoms with van der Waals surface area (Å²) in [5.41, 5.74) is -8.58. The molecule has 33 heavy (non-hydrogen) atoms. The fraction of sp³-hybridized carbons (Fsp3) is 0.955. The summed E-state index contributed by atoms with van der Waals surface area (Å²) in [7, 11) is 0. The van der Waals surface area contributed by atoms with Gasteiger partial charge < -0.3 is 9.84 Å². The first kappa shape index (κ1) is 25.0. The maximum Gasteiger partial charge on any atom is 0.430 e. The quantitative estimate of drug-likeness (QED) is 0.387. The molecule has 0 aromatic carbocycles. The van der Waals surface area contributed by atoms with Gasteiger partial charge in [-0.1, -0.05) is 6.92 Å². The van der Waals surface area contributed by atoms with Gasteiger partial charge in [-0.05, 0) is 82.0 Å². The van der Waals surface area contributed by atoms with Crippen LogP contribution in [0.2, 0.25) is 0 Å². The summed E-state index contributed by atoms with van der Waals surface area (Å²) in [6.45, 7) is 6.62. The molecule has 2 bridgehead atoms. The van der Waals surface area contributed by atoms with Gasteiger partial charge in [-0.2, -0.15) is 26.3 Å². The standard InChI is InChI=1S/C22H32F6N2O3/c1-12-5-18(7-13-8-19(13,6-12)10-18)9-14(20(32,21(23,24)25)22(26,27)28)33-15(31)16(2,3)17(4)29-11-30-17/h12-14,29-30,32H,5-11H2,1-4H3. The molecule has 0 radical (unpaired) electrons. The summed E-state index contributed by atoms with van der Waals surface area (Å²) >= 11 is 0. The van der Waals surface area contributed by atoms with Crippen molar-refractivity contribution >= 4 is 5.97 Å². The average molecular weight is 486 g/mol. The third-order valence-electron chi connectivity index (χ3n) is 9.14. The molecule has 0 aromatic rings. The molecule has 3 aliphatic carbocycles. The molecule has 0 aromatic heterocycles. The van der Waals surface area contributed by atoms with Crippen LogP contribution in [0.1, 0.15) is 66.2 Å². The molecule has 3 N–H and O–H groups in total. The van der Waals surface area contributed by atoms with Gasteiger partial charge in [-0.25, -0.2) is 0 Å². The van der Waals surface area contributed by atoms with Crippen molar-refractivity contribution < 1.29 is 41.0 Å². The number of alkyl halides is 6. The summed E-state index contributed by atoms with van der Waals surface area (Å²) in [4.78, 5) is 13.0. The molecule has 0 amide bonds. The van der Waals surface area contributed by atoms with E-state index in [0.29, 0.717) is 25.9 Å². The number of ether oxygens (including phenoxy) is 1. The van der Waals surface area contributed by atoms with Crippen LogP contribution in [-0.4, -0.2) is 47.5 Å². The summed E-state index contributed by atoms with van der Waals surface area (Å²) < 4.78 is 88.3. The number of hydrogen-bond acceptors (Lipinski definition) is 5. The van der Waals surface area contributed by atoms with Gasteiger partial charge in [0, 0.05) is 6.67 Å². The zero-order valence-corrected chi connectivity index (χ0v) is 19.2. The Hall–Kier alpha value is -1.07. The third-order valence-corrected chi connectivity index (χ3v) is 9.14. The minimum atomic E-state index is -6.08. The minimum absolute atomic E-state index is 0.0205. The van der Waals surface area contributed by atoms with Gasteiger partial charge in [-0.15, -0.1) is 0 Å². The van der Waals surface area contributed by atoms with Crippen molar-refractivity contribution in [2.24, 2.45) is 28.1 Å². The highest BCUT2D eigenvalue weighted by Gasteiger charge is 2.77. The topological polar surface area (TPSA) is 70.6 Å². The SMILES string of the molecule is CC1CC2(CC(OC(=O)C(C)(C)C3(C)NCN3)C(O)(C(F)(F)F)C(F)(F)F)CC3CC3(C1)C2. The van der Waals surface area contributed by atoms with E-state index >= 15 is 0 Å². The molecule has 1 saturated heterocycles. The van der Waals surface area contributed by atoms with Crippen LogP contribution in [0.4, 0.5) is 26.3 Å². The molecule has 1 spiro atoms. The van der Waals surface area contributed by atoms with Gasteiger partial charge in [0.15, 0.2) is 0 Å². The summed E-state index contributed by atoms with van der Waals surface area (Å²) in [5.74, 6) is -0.812. The number of hydrogen-bond donors (Lipinski definition) is 3. The van der Waals surface area contributed by atoms with Crippen molar-refractivity contribution in [2.45, 2.75) is 95.9 Å². The summed E-state index contributed by atoms with van der Waals surface area (Å²) in [6.07, 6.45) is -12.3. The van der Waals surface area contributed by atoms with E-state index in [1.54, 1.807) is 6.92 Å². The number of carbonyl (C=O) groups excluding carboxylic acids is 1. The molecule has 3 saturated carbocycles. The highest BCUT2D eigenvalue weighted by molar-refractivity contribution is 5.78. The Balaban J connectivity index is 1.69. The van der Waals surface area contributed by atoms with Crippen molar-refractivity contribution in [1.29, 1.82) is 0 Å². The van der Waals surface area contributed by atoms with Crippen LogP contribution in [0.25, 0.3) is 0 Å². The van der Waals surface area contributed by atoms with Crippen LogP contribution in [0, 0.1) is 28.1 Å². The first-order chi connectivity index (χ1) is 14.8. The predicted octanol–water partition coefficient (Wildman–Crippen LogP) is 4.25. The van der Waals surface area contributed by atoms with E-state index in [4.69, 9.17) is 4.74 Å². The molecule has 4 fully saturated rings. The van der Waals surface area contributed by atoms with Crippen LogP contribution in [0.15, 0.2) is 0 Å². The Kier molecular flexibility index (Phi) is 5.31. The second kappa shape index (κ2) is 7.00. The minimum Gasteiger partial charge on any atom is -0.458 e. The van der Waals surface area contributed by atoms with Crippen molar-refractivity contribution in [3.05, 3.63) is 0 Å². The van der Waals surface area contributed by atoms with E-state index in [-0.39, 0.29) is 17.3 Å². The zero-order valence-electron chi connectivity index (χ0n) is 19.2. The van der Waals surface area contributed by atoms with Crippen molar-refractivity contribution in [3.63, 3.8) is 0 Å². The monoisotopic (exact) mass is 486 g/mol. The van der Waals surface area contributed by atoms with Crippen LogP contribution in [0.5, 0.6) is 0 Å². The Bertz CT molecular complexity index is 806. The Labute approximate surface area is 189 Å². The first-order valence-electron chi connectivity index (χ1n) is 11.4. The molecule has 11 heteroatoms. The average Bonchev–Trinajstić information content (AvgIpc) is 3.17. The lowest BCUT2D eigenvalue weighted by atomic mass is 9.64.